The second-order valence-electron chi connectivity index (χ2n) is 3.48. The van der Waals surface area contributed by atoms with Crippen molar-refractivity contribution in [1.29, 1.82) is 0 Å². The van der Waals surface area contributed by atoms with Gasteiger partial charge in [0.1, 0.15) is 23.1 Å². The number of rotatable bonds is 3. The van der Waals surface area contributed by atoms with Gasteiger partial charge >= 0.3 is 0 Å². The Bertz CT molecular complexity index is 579. The van der Waals surface area contributed by atoms with Crippen molar-refractivity contribution in [2.75, 3.05) is 0 Å². The first-order chi connectivity index (χ1) is 8.60. The molecule has 0 spiro atoms. The smallest absolute Gasteiger partial charge is 0.156 e. The van der Waals surface area contributed by atoms with E-state index >= 15 is 0 Å². The van der Waals surface area contributed by atoms with Crippen LogP contribution in [0.25, 0.3) is 0 Å². The van der Waals surface area contributed by atoms with E-state index in [2.05, 4.69) is 15.9 Å². The highest BCUT2D eigenvalue weighted by atomic mass is 79.9. The van der Waals surface area contributed by atoms with Crippen LogP contribution in [0, 0.1) is 11.6 Å². The van der Waals surface area contributed by atoms with Gasteiger partial charge in [-0.15, -0.1) is 0 Å². The maximum absolute atomic E-state index is 13.3. The van der Waals surface area contributed by atoms with Crippen LogP contribution in [0.4, 0.5) is 8.78 Å². The van der Waals surface area contributed by atoms with Crippen LogP contribution in [0.15, 0.2) is 40.9 Å². The maximum Gasteiger partial charge on any atom is 0.156 e. The highest BCUT2D eigenvalue weighted by molar-refractivity contribution is 9.10. The zero-order valence-electron chi connectivity index (χ0n) is 8.99. The topological polar surface area (TPSA) is 26.3 Å². The molecule has 0 amide bonds. The first-order valence-electron chi connectivity index (χ1n) is 4.98. The van der Waals surface area contributed by atoms with E-state index in [1.165, 1.54) is 24.3 Å². The number of ether oxygens (including phenoxy) is 1. The maximum atomic E-state index is 13.3. The monoisotopic (exact) mass is 312 g/mol. The van der Waals surface area contributed by atoms with Crippen LogP contribution in [0.2, 0.25) is 0 Å². The summed E-state index contributed by atoms with van der Waals surface area (Å²) in [6.45, 7) is 0. The van der Waals surface area contributed by atoms with Crippen LogP contribution in [0.3, 0.4) is 0 Å². The van der Waals surface area contributed by atoms with Crippen molar-refractivity contribution in [3.8, 4) is 11.5 Å². The SMILES string of the molecule is O=Cc1c(F)cccc1Oc1cc(F)cc(Br)c1. The third-order valence-electron chi connectivity index (χ3n) is 2.19. The predicted octanol–water partition coefficient (Wildman–Crippen LogP) is 4.33. The fourth-order valence-electron chi connectivity index (χ4n) is 1.44. The predicted molar refractivity (Wildman–Crippen MR) is 66.0 cm³/mol. The summed E-state index contributed by atoms with van der Waals surface area (Å²) in [6.07, 6.45) is 0.360. The molecule has 0 atom stereocenters. The Hall–Kier alpha value is -1.75. The average molecular weight is 313 g/mol. The summed E-state index contributed by atoms with van der Waals surface area (Å²) >= 11 is 3.11. The van der Waals surface area contributed by atoms with Gasteiger partial charge in [-0.2, -0.15) is 0 Å². The lowest BCUT2D eigenvalue weighted by Crippen LogP contribution is -1.94. The lowest BCUT2D eigenvalue weighted by Gasteiger charge is -2.08. The average Bonchev–Trinajstić information content (AvgIpc) is 2.27. The Morgan fingerprint density at radius 1 is 1.17 bits per heavy atom. The van der Waals surface area contributed by atoms with E-state index in [4.69, 9.17) is 4.74 Å². The Morgan fingerprint density at radius 2 is 1.94 bits per heavy atom. The molecule has 2 nitrogen and oxygen atoms in total. The second-order valence-corrected chi connectivity index (χ2v) is 4.39. The number of halogens is 3. The largest absolute Gasteiger partial charge is 0.456 e. The van der Waals surface area contributed by atoms with Crippen molar-refractivity contribution in [2.45, 2.75) is 0 Å². The van der Waals surface area contributed by atoms with Crippen LogP contribution in [0.5, 0.6) is 11.5 Å². The van der Waals surface area contributed by atoms with Crippen LogP contribution >= 0.6 is 15.9 Å². The molecule has 0 N–H and O–H groups in total. The molecule has 0 aromatic heterocycles. The van der Waals surface area contributed by atoms with Gasteiger partial charge in [0.25, 0.3) is 0 Å². The minimum absolute atomic E-state index is 0.0440. The lowest BCUT2D eigenvalue weighted by atomic mass is 10.2. The molecule has 0 saturated heterocycles. The Labute approximate surface area is 110 Å². The molecular weight excluding hydrogens is 306 g/mol. The summed E-state index contributed by atoms with van der Waals surface area (Å²) in [5.74, 6) is -0.959. The van der Waals surface area contributed by atoms with Gasteiger partial charge in [-0.05, 0) is 24.3 Å². The molecule has 0 radical (unpaired) electrons. The van der Waals surface area contributed by atoms with Gasteiger partial charge in [-0.25, -0.2) is 8.78 Å². The van der Waals surface area contributed by atoms with Crippen LogP contribution < -0.4 is 4.74 Å². The number of hydrogen-bond acceptors (Lipinski definition) is 2. The molecule has 0 unspecified atom stereocenters. The normalized spacial score (nSPS) is 10.2. The van der Waals surface area contributed by atoms with Crippen molar-refractivity contribution in [3.05, 3.63) is 58.1 Å². The molecule has 5 heteroatoms. The first kappa shape index (κ1) is 12.7. The number of aldehydes is 1. The van der Waals surface area contributed by atoms with Gasteiger partial charge in [0, 0.05) is 10.5 Å². The number of hydrogen-bond donors (Lipinski definition) is 0. The van der Waals surface area contributed by atoms with Crippen LogP contribution in [-0.2, 0) is 0 Å². The zero-order chi connectivity index (χ0) is 13.1. The minimum Gasteiger partial charge on any atom is -0.456 e. The van der Waals surface area contributed by atoms with Crippen LogP contribution in [-0.4, -0.2) is 6.29 Å². The van der Waals surface area contributed by atoms with E-state index in [-0.39, 0.29) is 17.1 Å². The Kier molecular flexibility index (Phi) is 3.72. The lowest BCUT2D eigenvalue weighted by molar-refractivity contribution is 0.111. The molecule has 0 aliphatic heterocycles. The van der Waals surface area contributed by atoms with Gasteiger partial charge in [0.2, 0.25) is 0 Å². The molecule has 0 aliphatic carbocycles. The summed E-state index contributed by atoms with van der Waals surface area (Å²) in [4.78, 5) is 10.8. The van der Waals surface area contributed by atoms with Gasteiger partial charge in [-0.3, -0.25) is 4.79 Å². The van der Waals surface area contributed by atoms with E-state index in [1.807, 2.05) is 0 Å². The van der Waals surface area contributed by atoms with E-state index in [0.29, 0.717) is 10.8 Å². The van der Waals surface area contributed by atoms with Gasteiger partial charge in [0.15, 0.2) is 6.29 Å². The fraction of sp³-hybridized carbons (Fsp3) is 0. The minimum atomic E-state index is -0.682. The summed E-state index contributed by atoms with van der Waals surface area (Å²) in [7, 11) is 0. The van der Waals surface area contributed by atoms with Crippen molar-refractivity contribution in [2.24, 2.45) is 0 Å². The third-order valence-corrected chi connectivity index (χ3v) is 2.65. The highest BCUT2D eigenvalue weighted by Gasteiger charge is 2.10. The summed E-state index contributed by atoms with van der Waals surface area (Å²) in [5, 5.41) is 0. The fourth-order valence-corrected chi connectivity index (χ4v) is 1.88. The summed E-state index contributed by atoms with van der Waals surface area (Å²) in [5.41, 5.74) is -0.196. The molecule has 0 aliphatic rings. The molecular formula is C13H7BrF2O2. The standard InChI is InChI=1S/C13H7BrF2O2/c14-8-4-9(15)6-10(5-8)18-13-3-1-2-12(16)11(13)7-17/h1-7H. The van der Waals surface area contributed by atoms with Gasteiger partial charge < -0.3 is 4.74 Å². The summed E-state index contributed by atoms with van der Waals surface area (Å²) in [6, 6.07) is 7.92. The zero-order valence-corrected chi connectivity index (χ0v) is 10.6. The number of carbonyl (C=O) groups excluding carboxylic acids is 1. The van der Waals surface area contributed by atoms with Gasteiger partial charge in [-0.1, -0.05) is 22.0 Å². The molecule has 2 aromatic carbocycles. The van der Waals surface area contributed by atoms with E-state index in [9.17, 15) is 13.6 Å². The number of benzene rings is 2. The van der Waals surface area contributed by atoms with Crippen molar-refractivity contribution in [3.63, 3.8) is 0 Å². The molecule has 0 heterocycles. The van der Waals surface area contributed by atoms with E-state index in [1.54, 1.807) is 0 Å². The van der Waals surface area contributed by atoms with Crippen molar-refractivity contribution in [1.82, 2.24) is 0 Å². The van der Waals surface area contributed by atoms with E-state index < -0.39 is 11.6 Å². The molecule has 0 saturated carbocycles. The quantitative estimate of drug-likeness (QED) is 0.788. The molecule has 92 valence electrons. The van der Waals surface area contributed by atoms with E-state index in [0.717, 1.165) is 12.1 Å². The highest BCUT2D eigenvalue weighted by Crippen LogP contribution is 2.28. The molecule has 2 rings (SSSR count). The molecule has 18 heavy (non-hydrogen) atoms. The second kappa shape index (κ2) is 5.27. The van der Waals surface area contributed by atoms with Crippen molar-refractivity contribution >= 4 is 22.2 Å². The molecule has 2 aromatic rings. The molecule has 0 bridgehead atoms. The van der Waals surface area contributed by atoms with Gasteiger partial charge in [0.05, 0.1) is 5.56 Å². The van der Waals surface area contributed by atoms with Crippen LogP contribution in [0.1, 0.15) is 10.4 Å². The molecule has 0 fully saturated rings. The Morgan fingerprint density at radius 3 is 2.61 bits per heavy atom. The third kappa shape index (κ3) is 2.73. The summed E-state index contributed by atoms with van der Waals surface area (Å²) < 4.78 is 32.2. The number of carbonyl (C=O) groups is 1. The first-order valence-corrected chi connectivity index (χ1v) is 5.77. The van der Waals surface area contributed by atoms with Crippen molar-refractivity contribution < 1.29 is 18.3 Å². The Balaban J connectivity index is 2.39.